The smallest absolute Gasteiger partial charge is 0.320 e. The molecule has 0 aliphatic carbocycles. The number of carboxylic acid groups (broad SMARTS) is 1. The zero-order valence-corrected chi connectivity index (χ0v) is 12.7. The maximum Gasteiger partial charge on any atom is 0.320 e. The number of carbonyl (C=O) groups is 1. The van der Waals surface area contributed by atoms with Crippen molar-refractivity contribution in [2.24, 2.45) is 12.8 Å². The highest BCUT2D eigenvalue weighted by molar-refractivity contribution is 5.92. The highest BCUT2D eigenvalue weighted by Gasteiger charge is 2.35. The summed E-state index contributed by atoms with van der Waals surface area (Å²) < 4.78 is 2.29. The van der Waals surface area contributed by atoms with E-state index in [1.807, 2.05) is 6.07 Å². The van der Waals surface area contributed by atoms with E-state index in [0.29, 0.717) is 12.3 Å². The van der Waals surface area contributed by atoms with Crippen LogP contribution in [0, 0.1) is 0 Å². The van der Waals surface area contributed by atoms with Crippen molar-refractivity contribution in [3.63, 3.8) is 0 Å². The van der Waals surface area contributed by atoms with Crippen LogP contribution in [0.15, 0.2) is 18.2 Å². The fraction of sp³-hybridized carbons (Fsp3) is 0.471. The molecule has 3 N–H and O–H groups in total. The number of aromatic nitrogens is 1. The third-order valence-corrected chi connectivity index (χ3v) is 5.25. The zero-order valence-electron chi connectivity index (χ0n) is 12.7. The lowest BCUT2D eigenvalue weighted by Gasteiger charge is -2.41. The number of hydrogen-bond donors (Lipinski definition) is 2. The molecule has 116 valence electrons. The first-order valence-corrected chi connectivity index (χ1v) is 7.91. The average Bonchev–Trinajstić information content (AvgIpc) is 2.84. The molecule has 4 heterocycles. The van der Waals surface area contributed by atoms with Crippen molar-refractivity contribution >= 4 is 22.7 Å². The number of carboxylic acids is 1. The molecule has 5 nitrogen and oxygen atoms in total. The van der Waals surface area contributed by atoms with Gasteiger partial charge >= 0.3 is 5.97 Å². The van der Waals surface area contributed by atoms with Crippen molar-refractivity contribution in [3.05, 3.63) is 29.3 Å². The van der Waals surface area contributed by atoms with Gasteiger partial charge in [-0.2, -0.15) is 0 Å². The molecule has 1 atom stereocenters. The van der Waals surface area contributed by atoms with Gasteiger partial charge in [0.25, 0.3) is 0 Å². The second-order valence-corrected chi connectivity index (χ2v) is 6.56. The lowest BCUT2D eigenvalue weighted by atomic mass is 9.84. The van der Waals surface area contributed by atoms with E-state index in [1.165, 1.54) is 35.1 Å². The van der Waals surface area contributed by atoms with Gasteiger partial charge in [-0.3, -0.25) is 4.79 Å². The molecule has 5 heteroatoms. The van der Waals surface area contributed by atoms with E-state index in [-0.39, 0.29) is 0 Å². The molecule has 2 aromatic rings. The Hall–Kier alpha value is -2.01. The van der Waals surface area contributed by atoms with E-state index in [4.69, 9.17) is 10.8 Å². The van der Waals surface area contributed by atoms with Gasteiger partial charge in [-0.15, -0.1) is 0 Å². The van der Waals surface area contributed by atoms with E-state index in [1.54, 1.807) is 0 Å². The number of hydrogen-bond acceptors (Lipinski definition) is 3. The third-order valence-electron chi connectivity index (χ3n) is 5.25. The molecule has 3 aliphatic heterocycles. The minimum Gasteiger partial charge on any atom is -0.480 e. The number of aryl methyl sites for hydroxylation is 1. The minimum atomic E-state index is -0.944. The molecule has 22 heavy (non-hydrogen) atoms. The van der Waals surface area contributed by atoms with Crippen LogP contribution in [0.1, 0.15) is 29.9 Å². The van der Waals surface area contributed by atoms with E-state index >= 15 is 0 Å². The number of fused-ring (bicyclic) bond motifs is 3. The lowest BCUT2D eigenvalue weighted by Crippen LogP contribution is -2.39. The van der Waals surface area contributed by atoms with Crippen LogP contribution < -0.4 is 10.6 Å². The number of nitrogens with two attached hydrogens (primary N) is 1. The van der Waals surface area contributed by atoms with Crippen molar-refractivity contribution in [2.75, 3.05) is 18.0 Å². The highest BCUT2D eigenvalue weighted by Crippen LogP contribution is 2.47. The topological polar surface area (TPSA) is 71.5 Å². The molecule has 1 unspecified atom stereocenters. The van der Waals surface area contributed by atoms with E-state index in [0.717, 1.165) is 18.7 Å². The number of benzene rings is 1. The second-order valence-electron chi connectivity index (χ2n) is 6.56. The Labute approximate surface area is 129 Å². The average molecular weight is 299 g/mol. The molecule has 2 bridgehead atoms. The lowest BCUT2D eigenvalue weighted by molar-refractivity contribution is -0.138. The normalized spacial score (nSPS) is 18.7. The maximum absolute atomic E-state index is 11.0. The molecule has 0 spiro atoms. The zero-order chi connectivity index (χ0) is 15.4. The SMILES string of the molecule is Cn1c2c(c3cc(CC(N)C(=O)O)ccc31)C1CCN2CC1. The molecule has 1 fully saturated rings. The van der Waals surface area contributed by atoms with Crippen molar-refractivity contribution in [1.29, 1.82) is 0 Å². The van der Waals surface area contributed by atoms with E-state index in [9.17, 15) is 4.79 Å². The molecule has 1 aromatic heterocycles. The molecule has 0 saturated carbocycles. The standard InChI is InChI=1S/C17H21N3O2/c1-19-14-3-2-10(9-13(18)17(21)22)8-12(14)15-11-4-6-20(7-5-11)16(15)19/h2-3,8,11,13H,4-7,9,18H2,1H3,(H,21,22). The Bertz CT molecular complexity index is 757. The fourth-order valence-corrected chi connectivity index (χ4v) is 4.14. The first-order valence-electron chi connectivity index (χ1n) is 7.91. The fourth-order valence-electron chi connectivity index (χ4n) is 4.14. The second kappa shape index (κ2) is 4.74. The van der Waals surface area contributed by atoms with Crippen LogP contribution in [-0.2, 0) is 18.3 Å². The van der Waals surface area contributed by atoms with Gasteiger partial charge in [0, 0.05) is 36.6 Å². The minimum absolute atomic E-state index is 0.378. The van der Waals surface area contributed by atoms with Crippen molar-refractivity contribution in [2.45, 2.75) is 31.2 Å². The Morgan fingerprint density at radius 1 is 1.41 bits per heavy atom. The van der Waals surface area contributed by atoms with Crippen LogP contribution in [0.25, 0.3) is 10.9 Å². The van der Waals surface area contributed by atoms with Gasteiger partial charge < -0.3 is 20.3 Å². The van der Waals surface area contributed by atoms with Gasteiger partial charge in [0.1, 0.15) is 11.9 Å². The van der Waals surface area contributed by atoms with Crippen LogP contribution in [0.4, 0.5) is 5.82 Å². The summed E-state index contributed by atoms with van der Waals surface area (Å²) in [6, 6.07) is 5.43. The van der Waals surface area contributed by atoms with E-state index in [2.05, 4.69) is 28.6 Å². The van der Waals surface area contributed by atoms with E-state index < -0.39 is 12.0 Å². The third kappa shape index (κ3) is 1.85. The van der Waals surface area contributed by atoms with Crippen LogP contribution in [0.5, 0.6) is 0 Å². The first kappa shape index (κ1) is 13.6. The number of nitrogens with zero attached hydrogens (tertiary/aromatic N) is 2. The van der Waals surface area contributed by atoms with Gasteiger partial charge in [0.05, 0.1) is 0 Å². The predicted octanol–water partition coefficient (Wildman–Crippen LogP) is 1.83. The Balaban J connectivity index is 1.83. The Kier molecular flexibility index (Phi) is 2.94. The molecule has 3 aliphatic rings. The van der Waals surface area contributed by atoms with Crippen molar-refractivity contribution in [1.82, 2.24) is 4.57 Å². The number of piperidine rings is 1. The van der Waals surface area contributed by atoms with Crippen molar-refractivity contribution < 1.29 is 9.90 Å². The maximum atomic E-state index is 11.0. The molecule has 1 aromatic carbocycles. The molecule has 0 radical (unpaired) electrons. The Morgan fingerprint density at radius 3 is 2.82 bits per heavy atom. The molecule has 1 saturated heterocycles. The summed E-state index contributed by atoms with van der Waals surface area (Å²) in [5, 5.41) is 10.3. The summed E-state index contributed by atoms with van der Waals surface area (Å²) in [7, 11) is 2.13. The summed E-state index contributed by atoms with van der Waals surface area (Å²) in [5.41, 5.74) is 9.38. The predicted molar refractivity (Wildman–Crippen MR) is 86.4 cm³/mol. The quantitative estimate of drug-likeness (QED) is 0.907. The number of anilines is 1. The number of aliphatic carboxylic acids is 1. The Morgan fingerprint density at radius 2 is 2.14 bits per heavy atom. The van der Waals surface area contributed by atoms with Crippen LogP contribution in [-0.4, -0.2) is 34.8 Å². The molecule has 5 rings (SSSR count). The highest BCUT2D eigenvalue weighted by atomic mass is 16.4. The number of rotatable bonds is 3. The van der Waals surface area contributed by atoms with Gasteiger partial charge in [-0.1, -0.05) is 6.07 Å². The van der Waals surface area contributed by atoms with Crippen LogP contribution in [0.3, 0.4) is 0 Å². The largest absolute Gasteiger partial charge is 0.480 e. The van der Waals surface area contributed by atoms with Gasteiger partial charge in [0.15, 0.2) is 0 Å². The molecular formula is C17H21N3O2. The van der Waals surface area contributed by atoms with Crippen molar-refractivity contribution in [3.8, 4) is 0 Å². The molecular weight excluding hydrogens is 278 g/mol. The van der Waals surface area contributed by atoms with Crippen LogP contribution >= 0.6 is 0 Å². The monoisotopic (exact) mass is 299 g/mol. The van der Waals surface area contributed by atoms with Crippen LogP contribution in [0.2, 0.25) is 0 Å². The first-order chi connectivity index (χ1) is 10.6. The van der Waals surface area contributed by atoms with Gasteiger partial charge in [0.2, 0.25) is 0 Å². The van der Waals surface area contributed by atoms with Gasteiger partial charge in [-0.05, 0) is 42.9 Å². The summed E-state index contributed by atoms with van der Waals surface area (Å²) in [6.07, 6.45) is 2.83. The summed E-state index contributed by atoms with van der Waals surface area (Å²) in [5.74, 6) is 1.06. The van der Waals surface area contributed by atoms with Gasteiger partial charge in [-0.25, -0.2) is 0 Å². The molecule has 0 amide bonds. The summed E-state index contributed by atoms with van der Waals surface area (Å²) >= 11 is 0. The summed E-state index contributed by atoms with van der Waals surface area (Å²) in [4.78, 5) is 13.5. The summed E-state index contributed by atoms with van der Waals surface area (Å²) in [6.45, 7) is 2.30.